The zero-order valence-corrected chi connectivity index (χ0v) is 12.6. The normalized spacial score (nSPS) is 22.1. The van der Waals surface area contributed by atoms with Gasteiger partial charge < -0.3 is 14.4 Å². The lowest BCUT2D eigenvalue weighted by molar-refractivity contribution is -0.141. The number of carbonyl (C=O) groups excluding carboxylic acids is 1. The van der Waals surface area contributed by atoms with Crippen LogP contribution in [0.5, 0.6) is 5.75 Å². The number of hydrogen-bond acceptors (Lipinski definition) is 3. The summed E-state index contributed by atoms with van der Waals surface area (Å²) in [7, 11) is 0. The summed E-state index contributed by atoms with van der Waals surface area (Å²) in [6.07, 6.45) is 2.75. The first-order valence-electron chi connectivity index (χ1n) is 7.86. The van der Waals surface area contributed by atoms with Crippen molar-refractivity contribution in [3.05, 3.63) is 29.8 Å². The fourth-order valence-electron chi connectivity index (χ4n) is 2.93. The van der Waals surface area contributed by atoms with Crippen molar-refractivity contribution in [3.8, 4) is 5.75 Å². The molecule has 2 aliphatic rings. The van der Waals surface area contributed by atoms with Crippen LogP contribution in [0, 0.1) is 5.92 Å². The lowest BCUT2D eigenvalue weighted by atomic mass is 10.0. The van der Waals surface area contributed by atoms with E-state index in [9.17, 15) is 4.79 Å². The van der Waals surface area contributed by atoms with Gasteiger partial charge in [0.25, 0.3) is 0 Å². The Morgan fingerprint density at radius 3 is 2.90 bits per heavy atom. The predicted molar refractivity (Wildman–Crippen MR) is 80.4 cm³/mol. The van der Waals surface area contributed by atoms with Crippen molar-refractivity contribution in [1.29, 1.82) is 0 Å². The Hall–Kier alpha value is -1.55. The fraction of sp³-hybridized carbons (Fsp3) is 0.588. The summed E-state index contributed by atoms with van der Waals surface area (Å²) in [5.41, 5.74) is 1.23. The van der Waals surface area contributed by atoms with Gasteiger partial charge in [0.1, 0.15) is 11.9 Å². The second kappa shape index (κ2) is 6.48. The minimum Gasteiger partial charge on any atom is -0.486 e. The molecule has 2 heterocycles. The summed E-state index contributed by atoms with van der Waals surface area (Å²) < 4.78 is 11.3. The van der Waals surface area contributed by atoms with Crippen LogP contribution in [0.4, 0.5) is 0 Å². The van der Waals surface area contributed by atoms with E-state index >= 15 is 0 Å². The molecule has 1 aromatic rings. The van der Waals surface area contributed by atoms with E-state index in [1.54, 1.807) is 0 Å². The Kier molecular flexibility index (Phi) is 4.44. The molecule has 0 bridgehead atoms. The van der Waals surface area contributed by atoms with E-state index in [1.165, 1.54) is 5.56 Å². The van der Waals surface area contributed by atoms with E-state index in [2.05, 4.69) is 13.0 Å². The van der Waals surface area contributed by atoms with Crippen molar-refractivity contribution < 1.29 is 14.3 Å². The Morgan fingerprint density at radius 1 is 1.38 bits per heavy atom. The lowest BCUT2D eigenvalue weighted by Gasteiger charge is -2.39. The molecule has 1 atom stereocenters. The number of amides is 1. The number of aryl methyl sites for hydroxylation is 1. The van der Waals surface area contributed by atoms with Gasteiger partial charge >= 0.3 is 0 Å². The van der Waals surface area contributed by atoms with Gasteiger partial charge in [0.15, 0.2) is 0 Å². The molecule has 2 aliphatic heterocycles. The number of hydrogen-bond donors (Lipinski definition) is 0. The molecule has 21 heavy (non-hydrogen) atoms. The first kappa shape index (κ1) is 14.4. The first-order chi connectivity index (χ1) is 10.3. The number of carbonyl (C=O) groups is 1. The first-order valence-corrected chi connectivity index (χ1v) is 7.86. The topological polar surface area (TPSA) is 38.8 Å². The maximum atomic E-state index is 12.1. The molecule has 0 N–H and O–H groups in total. The number of para-hydroxylation sites is 1. The molecule has 0 aromatic heterocycles. The molecule has 2 fully saturated rings. The van der Waals surface area contributed by atoms with E-state index in [-0.39, 0.29) is 12.0 Å². The second-order valence-electron chi connectivity index (χ2n) is 5.93. The van der Waals surface area contributed by atoms with Crippen molar-refractivity contribution in [3.63, 3.8) is 0 Å². The van der Waals surface area contributed by atoms with E-state index in [4.69, 9.17) is 9.47 Å². The lowest BCUT2D eigenvalue weighted by Crippen LogP contribution is -2.56. The largest absolute Gasteiger partial charge is 0.486 e. The average molecular weight is 289 g/mol. The highest BCUT2D eigenvalue weighted by atomic mass is 16.5. The Labute approximate surface area is 126 Å². The summed E-state index contributed by atoms with van der Waals surface area (Å²) in [5, 5.41) is 0. The number of ether oxygens (including phenoxy) is 2. The van der Waals surface area contributed by atoms with Crippen LogP contribution < -0.4 is 4.74 Å². The molecule has 2 saturated heterocycles. The van der Waals surface area contributed by atoms with Gasteiger partial charge in [-0.2, -0.15) is 0 Å². The molecule has 4 heteroatoms. The Balaban J connectivity index is 1.46. The van der Waals surface area contributed by atoms with Crippen molar-refractivity contribution in [2.45, 2.75) is 32.3 Å². The van der Waals surface area contributed by atoms with Gasteiger partial charge in [0, 0.05) is 19.6 Å². The highest BCUT2D eigenvalue weighted by Crippen LogP contribution is 2.24. The highest BCUT2D eigenvalue weighted by Gasteiger charge is 2.33. The zero-order chi connectivity index (χ0) is 14.7. The molecule has 3 rings (SSSR count). The van der Waals surface area contributed by atoms with Gasteiger partial charge in [-0.15, -0.1) is 0 Å². The summed E-state index contributed by atoms with van der Waals surface area (Å²) in [6, 6.07) is 8.14. The molecule has 0 aliphatic carbocycles. The fourth-order valence-corrected chi connectivity index (χ4v) is 2.93. The van der Waals surface area contributed by atoms with Crippen LogP contribution in [-0.4, -0.2) is 43.2 Å². The number of likely N-dealkylation sites (tertiary alicyclic amines) is 1. The quantitative estimate of drug-likeness (QED) is 0.834. The van der Waals surface area contributed by atoms with Crippen molar-refractivity contribution in [2.75, 3.05) is 26.3 Å². The number of nitrogens with zero attached hydrogens (tertiary/aromatic N) is 1. The summed E-state index contributed by atoms with van der Waals surface area (Å²) in [4.78, 5) is 14.0. The van der Waals surface area contributed by atoms with Crippen LogP contribution in [0.15, 0.2) is 24.3 Å². The Bertz CT molecular complexity index is 491. The van der Waals surface area contributed by atoms with Gasteiger partial charge in [0.05, 0.1) is 13.1 Å². The third-order valence-electron chi connectivity index (χ3n) is 4.34. The van der Waals surface area contributed by atoms with Crippen LogP contribution in [-0.2, 0) is 16.0 Å². The molecular formula is C17H23NO3. The van der Waals surface area contributed by atoms with Gasteiger partial charge in [-0.25, -0.2) is 0 Å². The number of rotatable bonds is 5. The minimum atomic E-state index is 0.140. The van der Waals surface area contributed by atoms with Crippen LogP contribution >= 0.6 is 0 Å². The van der Waals surface area contributed by atoms with Crippen LogP contribution in [0.2, 0.25) is 0 Å². The van der Waals surface area contributed by atoms with E-state index in [1.807, 2.05) is 23.1 Å². The smallest absolute Gasteiger partial charge is 0.223 e. The highest BCUT2D eigenvalue weighted by molar-refractivity contribution is 5.77. The molecule has 1 amide bonds. The number of benzene rings is 1. The summed E-state index contributed by atoms with van der Waals surface area (Å²) in [5.74, 6) is 1.62. The molecule has 0 saturated carbocycles. The van der Waals surface area contributed by atoms with E-state index < -0.39 is 0 Å². The Morgan fingerprint density at radius 2 is 2.19 bits per heavy atom. The van der Waals surface area contributed by atoms with Crippen molar-refractivity contribution in [1.82, 2.24) is 4.90 Å². The van der Waals surface area contributed by atoms with E-state index in [0.717, 1.165) is 31.8 Å². The van der Waals surface area contributed by atoms with Crippen LogP contribution in [0.1, 0.15) is 25.3 Å². The third kappa shape index (κ3) is 3.38. The molecule has 0 spiro atoms. The molecule has 0 radical (unpaired) electrons. The van der Waals surface area contributed by atoms with Gasteiger partial charge in [-0.3, -0.25) is 4.79 Å². The average Bonchev–Trinajstić information content (AvgIpc) is 2.95. The van der Waals surface area contributed by atoms with Gasteiger partial charge in [-0.05, 0) is 30.4 Å². The molecule has 1 aromatic carbocycles. The predicted octanol–water partition coefficient (Wildman–Crippen LogP) is 2.27. The molecule has 114 valence electrons. The van der Waals surface area contributed by atoms with Crippen LogP contribution in [0.3, 0.4) is 0 Å². The van der Waals surface area contributed by atoms with Gasteiger partial charge in [-0.1, -0.05) is 25.1 Å². The monoisotopic (exact) mass is 289 g/mol. The van der Waals surface area contributed by atoms with E-state index in [0.29, 0.717) is 25.4 Å². The summed E-state index contributed by atoms with van der Waals surface area (Å²) >= 11 is 0. The minimum absolute atomic E-state index is 0.140. The van der Waals surface area contributed by atoms with Crippen molar-refractivity contribution >= 4 is 5.91 Å². The second-order valence-corrected chi connectivity index (χ2v) is 5.93. The standard InChI is InChI=1S/C17H23NO3/c1-2-14-5-3-4-6-16(14)21-15-10-18(11-15)17(19)9-13-7-8-20-12-13/h3-6,13,15H,2,7-12H2,1H3/t13-/m1/s1. The summed E-state index contributed by atoms with van der Waals surface area (Å²) in [6.45, 7) is 5.10. The maximum Gasteiger partial charge on any atom is 0.223 e. The zero-order valence-electron chi connectivity index (χ0n) is 12.6. The van der Waals surface area contributed by atoms with Crippen LogP contribution in [0.25, 0.3) is 0 Å². The van der Waals surface area contributed by atoms with Gasteiger partial charge in [0.2, 0.25) is 5.91 Å². The molecule has 0 unspecified atom stereocenters. The van der Waals surface area contributed by atoms with Crippen molar-refractivity contribution in [2.24, 2.45) is 5.92 Å². The molecular weight excluding hydrogens is 266 g/mol. The SMILES string of the molecule is CCc1ccccc1OC1CN(C(=O)C[C@H]2CCOC2)C1. The maximum absolute atomic E-state index is 12.1. The third-order valence-corrected chi connectivity index (χ3v) is 4.34. The molecule has 4 nitrogen and oxygen atoms in total.